The topological polar surface area (TPSA) is 120 Å². The van der Waals surface area contributed by atoms with Crippen LogP contribution in [0.25, 0.3) is 21.7 Å². The third kappa shape index (κ3) is 5.94. The van der Waals surface area contributed by atoms with Crippen LogP contribution in [-0.4, -0.2) is 63.6 Å². The lowest BCUT2D eigenvalue weighted by molar-refractivity contribution is 0.0913. The van der Waals surface area contributed by atoms with E-state index in [1.165, 1.54) is 0 Å². The minimum Gasteiger partial charge on any atom is -0.485 e. The van der Waals surface area contributed by atoms with Crippen molar-refractivity contribution in [2.45, 2.75) is 19.1 Å². The first-order valence-electron chi connectivity index (χ1n) is 13.6. The van der Waals surface area contributed by atoms with Gasteiger partial charge < -0.3 is 24.9 Å². The normalized spacial score (nSPS) is 15.3. The van der Waals surface area contributed by atoms with Gasteiger partial charge in [0.1, 0.15) is 17.2 Å². The summed E-state index contributed by atoms with van der Waals surface area (Å²) in [5, 5.41) is 12.8. The van der Waals surface area contributed by atoms with Crippen molar-refractivity contribution in [2.75, 3.05) is 26.2 Å². The standard InChI is InChI=1S/C32H29ClN4O5/c33-22-4-3-20-14-31(27(32(34)40)13-21(20)12-22)41-19-30(39)28-18-37(11-10-36-9-7-23(38)17-36)29-15-24(5-6-26(28)29)42-25-2-1-8-35-16-25/h1-6,8,12-16,18,23,38H,7,9-11,17,19H2,(H2,34,40)/t23-/m0/s1. The number of likely N-dealkylation sites (tertiary alicyclic amines) is 1. The number of carbonyl (C=O) groups excluding carboxylic acids is 2. The number of nitrogens with zero attached hydrogens (tertiary/aromatic N) is 3. The molecule has 42 heavy (non-hydrogen) atoms. The molecule has 1 aliphatic rings. The SMILES string of the molecule is NC(=O)c1cc2cc(Cl)ccc2cc1OCC(=O)c1cn(CCN2CC[C@H](O)C2)c2cc(Oc3cccnc3)ccc12. The molecule has 1 fully saturated rings. The number of aliphatic hydroxyl groups is 1. The van der Waals surface area contributed by atoms with E-state index in [1.807, 2.05) is 41.1 Å². The highest BCUT2D eigenvalue weighted by Crippen LogP contribution is 2.31. The second-order valence-electron chi connectivity index (χ2n) is 10.4. The van der Waals surface area contributed by atoms with Gasteiger partial charge in [-0.05, 0) is 65.7 Å². The molecule has 2 aromatic heterocycles. The first-order chi connectivity index (χ1) is 20.3. The van der Waals surface area contributed by atoms with Gasteiger partial charge in [-0.3, -0.25) is 19.5 Å². The van der Waals surface area contributed by atoms with E-state index in [2.05, 4.69) is 9.88 Å². The number of hydrogen-bond acceptors (Lipinski definition) is 7. The van der Waals surface area contributed by atoms with Crippen LogP contribution in [-0.2, 0) is 6.54 Å². The second kappa shape index (κ2) is 11.8. The number of hydrogen-bond donors (Lipinski definition) is 2. The number of rotatable bonds is 10. The maximum Gasteiger partial charge on any atom is 0.252 e. The molecule has 0 spiro atoms. The van der Waals surface area contributed by atoms with Crippen molar-refractivity contribution in [1.82, 2.24) is 14.5 Å². The highest BCUT2D eigenvalue weighted by atomic mass is 35.5. The maximum atomic E-state index is 13.6. The second-order valence-corrected chi connectivity index (χ2v) is 10.8. The number of nitrogens with two attached hydrogens (primary N) is 1. The number of carbonyl (C=O) groups is 2. The molecule has 6 rings (SSSR count). The number of pyridine rings is 1. The summed E-state index contributed by atoms with van der Waals surface area (Å²) in [6.45, 7) is 2.52. The number of Topliss-reactive ketones (excluding diaryl/α,β-unsaturated/α-hetero) is 1. The Morgan fingerprint density at radius 3 is 2.67 bits per heavy atom. The van der Waals surface area contributed by atoms with Crippen molar-refractivity contribution in [3.63, 3.8) is 0 Å². The van der Waals surface area contributed by atoms with E-state index in [-0.39, 0.29) is 29.8 Å². The van der Waals surface area contributed by atoms with Gasteiger partial charge in [-0.2, -0.15) is 0 Å². The Labute approximate surface area is 247 Å². The number of halogens is 1. The zero-order valence-corrected chi connectivity index (χ0v) is 23.5. The Bertz CT molecular complexity index is 1790. The molecule has 1 atom stereocenters. The lowest BCUT2D eigenvalue weighted by Gasteiger charge is -2.16. The van der Waals surface area contributed by atoms with Crippen molar-refractivity contribution in [3.8, 4) is 17.2 Å². The van der Waals surface area contributed by atoms with Gasteiger partial charge in [-0.15, -0.1) is 0 Å². The third-order valence-corrected chi connectivity index (χ3v) is 7.69. The van der Waals surface area contributed by atoms with E-state index < -0.39 is 5.91 Å². The van der Waals surface area contributed by atoms with Crippen molar-refractivity contribution in [2.24, 2.45) is 5.73 Å². The average Bonchev–Trinajstić information content (AvgIpc) is 3.57. The molecule has 3 heterocycles. The van der Waals surface area contributed by atoms with Crippen LogP contribution in [0.2, 0.25) is 5.02 Å². The first-order valence-corrected chi connectivity index (χ1v) is 14.0. The number of fused-ring (bicyclic) bond motifs is 2. The lowest BCUT2D eigenvalue weighted by Crippen LogP contribution is -2.26. The van der Waals surface area contributed by atoms with Crippen molar-refractivity contribution in [3.05, 3.63) is 95.4 Å². The molecule has 10 heteroatoms. The Hall–Kier alpha value is -4.44. The van der Waals surface area contributed by atoms with Gasteiger partial charge in [0.2, 0.25) is 5.78 Å². The van der Waals surface area contributed by atoms with Gasteiger partial charge in [-0.1, -0.05) is 17.7 Å². The van der Waals surface area contributed by atoms with Crippen LogP contribution < -0.4 is 15.2 Å². The maximum absolute atomic E-state index is 13.6. The van der Waals surface area contributed by atoms with Crippen LogP contribution in [0.1, 0.15) is 27.1 Å². The quantitative estimate of drug-likeness (QED) is 0.220. The number of aromatic nitrogens is 2. The summed E-state index contributed by atoms with van der Waals surface area (Å²) < 4.78 is 13.9. The van der Waals surface area contributed by atoms with Crippen LogP contribution in [0, 0.1) is 0 Å². The minimum atomic E-state index is -0.663. The van der Waals surface area contributed by atoms with Crippen LogP contribution in [0.5, 0.6) is 17.2 Å². The zero-order chi connectivity index (χ0) is 29.2. The van der Waals surface area contributed by atoms with Crippen molar-refractivity contribution in [1.29, 1.82) is 0 Å². The monoisotopic (exact) mass is 584 g/mol. The summed E-state index contributed by atoms with van der Waals surface area (Å²) in [4.78, 5) is 32.1. The molecule has 1 aliphatic heterocycles. The van der Waals surface area contributed by atoms with Gasteiger partial charge in [0.05, 0.1) is 23.4 Å². The van der Waals surface area contributed by atoms with E-state index in [0.29, 0.717) is 35.2 Å². The van der Waals surface area contributed by atoms with Crippen molar-refractivity contribution < 1.29 is 24.2 Å². The molecule has 0 radical (unpaired) electrons. The molecule has 3 N–H and O–H groups in total. The lowest BCUT2D eigenvalue weighted by atomic mass is 10.1. The fourth-order valence-electron chi connectivity index (χ4n) is 5.33. The molecule has 0 saturated carbocycles. The van der Waals surface area contributed by atoms with Gasteiger partial charge >= 0.3 is 0 Å². The van der Waals surface area contributed by atoms with E-state index in [1.54, 1.807) is 42.7 Å². The summed E-state index contributed by atoms with van der Waals surface area (Å²) in [6.07, 6.45) is 5.59. The summed E-state index contributed by atoms with van der Waals surface area (Å²) in [6, 6.07) is 17.8. The van der Waals surface area contributed by atoms with E-state index in [0.717, 1.165) is 41.2 Å². The first kappa shape index (κ1) is 27.7. The number of β-amino-alcohol motifs (C(OH)–C–C–N with tert-alkyl or cyclic N) is 1. The Morgan fingerprint density at radius 2 is 1.90 bits per heavy atom. The molecule has 0 aliphatic carbocycles. The third-order valence-electron chi connectivity index (χ3n) is 7.45. The molecular formula is C32H29ClN4O5. The fraction of sp³-hybridized carbons (Fsp3) is 0.219. The van der Waals surface area contributed by atoms with Crippen LogP contribution in [0.4, 0.5) is 0 Å². The largest absolute Gasteiger partial charge is 0.485 e. The minimum absolute atomic E-state index is 0.171. The predicted octanol–water partition coefficient (Wildman–Crippen LogP) is 5.06. The van der Waals surface area contributed by atoms with Gasteiger partial charge in [-0.25, -0.2) is 0 Å². The predicted molar refractivity (Wildman–Crippen MR) is 161 cm³/mol. The van der Waals surface area contributed by atoms with E-state index >= 15 is 0 Å². The van der Waals surface area contributed by atoms with Gasteiger partial charge in [0, 0.05) is 60.6 Å². The molecule has 5 aromatic rings. The van der Waals surface area contributed by atoms with Crippen LogP contribution in [0.3, 0.4) is 0 Å². The Morgan fingerprint density at radius 1 is 1.02 bits per heavy atom. The van der Waals surface area contributed by atoms with Gasteiger partial charge in [0.25, 0.3) is 5.91 Å². The highest BCUT2D eigenvalue weighted by Gasteiger charge is 2.22. The molecule has 0 unspecified atom stereocenters. The zero-order valence-electron chi connectivity index (χ0n) is 22.7. The van der Waals surface area contributed by atoms with Crippen LogP contribution >= 0.6 is 11.6 Å². The van der Waals surface area contributed by atoms with Gasteiger partial charge in [0.15, 0.2) is 6.61 Å². The summed E-state index contributed by atoms with van der Waals surface area (Å²) in [5.74, 6) is 0.541. The number of primary amides is 1. The average molecular weight is 585 g/mol. The number of benzene rings is 3. The highest BCUT2D eigenvalue weighted by molar-refractivity contribution is 6.31. The smallest absolute Gasteiger partial charge is 0.252 e. The Kier molecular flexibility index (Phi) is 7.80. The molecule has 3 aromatic carbocycles. The van der Waals surface area contributed by atoms with E-state index in [4.69, 9.17) is 26.8 Å². The molecule has 0 bridgehead atoms. The number of ether oxygens (including phenoxy) is 2. The summed E-state index contributed by atoms with van der Waals surface area (Å²) in [7, 11) is 0. The molecule has 214 valence electrons. The van der Waals surface area contributed by atoms with Crippen LogP contribution in [0.15, 0.2) is 79.3 Å². The number of ketones is 1. The van der Waals surface area contributed by atoms with Crippen molar-refractivity contribution >= 4 is 45.0 Å². The van der Waals surface area contributed by atoms with E-state index in [9.17, 15) is 14.7 Å². The molecule has 9 nitrogen and oxygen atoms in total. The summed E-state index contributed by atoms with van der Waals surface area (Å²) in [5.41, 5.74) is 7.12. The molecular weight excluding hydrogens is 556 g/mol. The number of amides is 1. The Balaban J connectivity index is 1.28. The summed E-state index contributed by atoms with van der Waals surface area (Å²) >= 11 is 6.11. The molecule has 1 amide bonds. The number of aliphatic hydroxyl groups excluding tert-OH is 1. The molecule has 1 saturated heterocycles. The fourth-order valence-corrected chi connectivity index (χ4v) is 5.51.